The molecule has 0 saturated heterocycles. The van der Waals surface area contributed by atoms with Crippen molar-refractivity contribution in [2.24, 2.45) is 0 Å². The summed E-state index contributed by atoms with van der Waals surface area (Å²) >= 11 is 12.2. The summed E-state index contributed by atoms with van der Waals surface area (Å²) in [7, 11) is 0. The average Bonchev–Trinajstić information content (AvgIpc) is 3.07. The van der Waals surface area contributed by atoms with Crippen molar-refractivity contribution in [1.29, 1.82) is 0 Å². The number of hydrogen-bond donors (Lipinski definition) is 0. The summed E-state index contributed by atoms with van der Waals surface area (Å²) in [5, 5.41) is 1.23. The molecular formula is C25H15Cl2NO4. The molecule has 1 amide bonds. The van der Waals surface area contributed by atoms with Gasteiger partial charge in [0.05, 0.1) is 17.0 Å². The Bertz CT molecular complexity index is 1460. The maximum Gasteiger partial charge on any atom is 0.295 e. The van der Waals surface area contributed by atoms with Gasteiger partial charge < -0.3 is 4.42 Å². The summed E-state index contributed by atoms with van der Waals surface area (Å²) in [4.78, 5) is 40.2. The van der Waals surface area contributed by atoms with Crippen molar-refractivity contribution in [2.75, 3.05) is 4.90 Å². The summed E-state index contributed by atoms with van der Waals surface area (Å²) in [6, 6.07) is 17.6. The molecule has 1 aliphatic rings. The molecule has 1 atom stereocenters. The molecule has 2 heterocycles. The highest BCUT2D eigenvalue weighted by Gasteiger charge is 2.43. The van der Waals surface area contributed by atoms with Crippen molar-refractivity contribution in [3.05, 3.63) is 109 Å². The number of benzene rings is 3. The van der Waals surface area contributed by atoms with E-state index >= 15 is 0 Å². The minimum absolute atomic E-state index is 0.0135. The fraction of sp³-hybridized carbons (Fsp3) is 0.0800. The fourth-order valence-electron chi connectivity index (χ4n) is 4.03. The van der Waals surface area contributed by atoms with Crippen molar-refractivity contribution < 1.29 is 14.0 Å². The standard InChI is InChI=1S/C25H15Cl2NO4/c1-13(29)14-4-9-18(10-5-14)28-22(15-2-6-16(26)7-3-15)21-23(30)19-12-17(27)8-11-20(19)32-24(21)25(28)31/h2-12,22H,1H3. The van der Waals surface area contributed by atoms with Gasteiger partial charge in [-0.2, -0.15) is 0 Å². The molecule has 1 aromatic heterocycles. The van der Waals surface area contributed by atoms with E-state index in [9.17, 15) is 14.4 Å². The second kappa shape index (κ2) is 7.62. The molecule has 5 rings (SSSR count). The molecule has 158 valence electrons. The molecule has 4 aromatic rings. The molecule has 0 saturated carbocycles. The molecule has 0 fully saturated rings. The molecule has 3 aromatic carbocycles. The first-order valence-corrected chi connectivity index (χ1v) is 10.6. The monoisotopic (exact) mass is 463 g/mol. The van der Waals surface area contributed by atoms with E-state index in [1.807, 2.05) is 0 Å². The van der Waals surface area contributed by atoms with Crippen LogP contribution in [-0.2, 0) is 0 Å². The molecule has 0 bridgehead atoms. The first-order valence-electron chi connectivity index (χ1n) is 9.81. The largest absolute Gasteiger partial charge is 0.450 e. The highest BCUT2D eigenvalue weighted by Crippen LogP contribution is 2.41. The minimum Gasteiger partial charge on any atom is -0.450 e. The highest BCUT2D eigenvalue weighted by atomic mass is 35.5. The van der Waals surface area contributed by atoms with Crippen LogP contribution in [0.5, 0.6) is 0 Å². The zero-order chi connectivity index (χ0) is 22.6. The highest BCUT2D eigenvalue weighted by molar-refractivity contribution is 6.31. The van der Waals surface area contributed by atoms with Gasteiger partial charge in [0, 0.05) is 21.3 Å². The molecule has 5 nitrogen and oxygen atoms in total. The third kappa shape index (κ3) is 3.22. The van der Waals surface area contributed by atoms with Crippen LogP contribution >= 0.6 is 23.2 Å². The number of ketones is 1. The first kappa shape index (κ1) is 20.5. The van der Waals surface area contributed by atoms with Crippen LogP contribution in [0.3, 0.4) is 0 Å². The SMILES string of the molecule is CC(=O)c1ccc(N2C(=O)c3oc4ccc(Cl)cc4c(=O)c3C2c2ccc(Cl)cc2)cc1. The second-order valence-electron chi connectivity index (χ2n) is 7.55. The molecule has 0 spiro atoms. The Labute approximate surface area is 192 Å². The molecule has 1 unspecified atom stereocenters. The molecule has 1 aliphatic heterocycles. The summed E-state index contributed by atoms with van der Waals surface area (Å²) in [5.41, 5.74) is 1.96. The van der Waals surface area contributed by atoms with Gasteiger partial charge in [0.25, 0.3) is 5.91 Å². The molecule has 32 heavy (non-hydrogen) atoms. The van der Waals surface area contributed by atoms with Crippen LogP contribution in [0, 0.1) is 0 Å². The predicted octanol–water partition coefficient (Wildman–Crippen LogP) is 6.05. The van der Waals surface area contributed by atoms with Gasteiger partial charge in [-0.3, -0.25) is 19.3 Å². The lowest BCUT2D eigenvalue weighted by Crippen LogP contribution is -2.29. The lowest BCUT2D eigenvalue weighted by atomic mass is 9.98. The quantitative estimate of drug-likeness (QED) is 0.346. The molecule has 0 N–H and O–H groups in total. The van der Waals surface area contributed by atoms with Crippen LogP contribution in [0.4, 0.5) is 5.69 Å². The van der Waals surface area contributed by atoms with Crippen LogP contribution in [0.1, 0.15) is 45.0 Å². The number of nitrogens with zero attached hydrogens (tertiary/aromatic N) is 1. The van der Waals surface area contributed by atoms with Crippen LogP contribution in [0.25, 0.3) is 11.0 Å². The van der Waals surface area contributed by atoms with E-state index in [0.717, 1.165) is 0 Å². The Morgan fingerprint density at radius 1 is 0.906 bits per heavy atom. The summed E-state index contributed by atoms with van der Waals surface area (Å²) < 4.78 is 5.91. The summed E-state index contributed by atoms with van der Waals surface area (Å²) in [6.07, 6.45) is 0. The van der Waals surface area contributed by atoms with E-state index in [0.29, 0.717) is 32.2 Å². The zero-order valence-corrected chi connectivity index (χ0v) is 18.3. The van der Waals surface area contributed by atoms with Crippen molar-refractivity contribution in [3.63, 3.8) is 0 Å². The van der Waals surface area contributed by atoms with E-state index in [1.165, 1.54) is 17.9 Å². The number of hydrogen-bond acceptors (Lipinski definition) is 4. The number of carbonyl (C=O) groups is 2. The number of fused-ring (bicyclic) bond motifs is 2. The molecule has 0 radical (unpaired) electrons. The Morgan fingerprint density at radius 2 is 1.56 bits per heavy atom. The van der Waals surface area contributed by atoms with Crippen molar-refractivity contribution in [1.82, 2.24) is 0 Å². The van der Waals surface area contributed by atoms with Crippen LogP contribution in [0.2, 0.25) is 10.0 Å². The smallest absolute Gasteiger partial charge is 0.295 e. The Balaban J connectivity index is 1.77. The average molecular weight is 464 g/mol. The van der Waals surface area contributed by atoms with Crippen molar-refractivity contribution in [3.8, 4) is 0 Å². The second-order valence-corrected chi connectivity index (χ2v) is 8.42. The van der Waals surface area contributed by atoms with Gasteiger partial charge in [-0.05, 0) is 67.1 Å². The van der Waals surface area contributed by atoms with E-state index in [-0.39, 0.29) is 28.1 Å². The number of rotatable bonds is 3. The van der Waals surface area contributed by atoms with Crippen molar-refractivity contribution >= 4 is 51.5 Å². The van der Waals surface area contributed by atoms with Crippen LogP contribution in [0.15, 0.2) is 75.9 Å². The van der Waals surface area contributed by atoms with Gasteiger partial charge in [0.1, 0.15) is 5.58 Å². The van der Waals surface area contributed by atoms with Gasteiger partial charge in [0.2, 0.25) is 5.76 Å². The van der Waals surface area contributed by atoms with Gasteiger partial charge in [-0.1, -0.05) is 35.3 Å². The van der Waals surface area contributed by atoms with Crippen molar-refractivity contribution in [2.45, 2.75) is 13.0 Å². The number of anilines is 1. The normalized spacial score (nSPS) is 15.3. The van der Waals surface area contributed by atoms with E-state index in [2.05, 4.69) is 0 Å². The third-order valence-corrected chi connectivity index (χ3v) is 6.06. The summed E-state index contributed by atoms with van der Waals surface area (Å²) in [5.74, 6) is -0.535. The zero-order valence-electron chi connectivity index (χ0n) is 16.8. The Kier molecular flexibility index (Phi) is 4.88. The number of halogens is 2. The lowest BCUT2D eigenvalue weighted by Gasteiger charge is -2.25. The summed E-state index contributed by atoms with van der Waals surface area (Å²) in [6.45, 7) is 1.47. The number of amides is 1. The van der Waals surface area contributed by atoms with Gasteiger partial charge in [-0.15, -0.1) is 0 Å². The maximum atomic E-state index is 13.5. The van der Waals surface area contributed by atoms with Crippen LogP contribution in [-0.4, -0.2) is 11.7 Å². The lowest BCUT2D eigenvalue weighted by molar-refractivity contribution is 0.0970. The molecule has 0 aliphatic carbocycles. The topological polar surface area (TPSA) is 67.6 Å². The minimum atomic E-state index is -0.724. The molecular weight excluding hydrogens is 449 g/mol. The number of Topliss-reactive ketones (excluding diaryl/α,β-unsaturated/α-hetero) is 1. The first-order chi connectivity index (χ1) is 15.3. The Morgan fingerprint density at radius 3 is 2.22 bits per heavy atom. The van der Waals surface area contributed by atoms with Gasteiger partial charge in [-0.25, -0.2) is 0 Å². The van der Waals surface area contributed by atoms with E-state index in [1.54, 1.807) is 60.7 Å². The predicted molar refractivity (Wildman–Crippen MR) is 124 cm³/mol. The van der Waals surface area contributed by atoms with Crippen LogP contribution < -0.4 is 10.3 Å². The Hall–Kier alpha value is -3.41. The third-order valence-electron chi connectivity index (χ3n) is 5.57. The van der Waals surface area contributed by atoms with E-state index < -0.39 is 11.9 Å². The fourth-order valence-corrected chi connectivity index (χ4v) is 4.33. The maximum absolute atomic E-state index is 13.5. The van der Waals surface area contributed by atoms with Gasteiger partial charge >= 0.3 is 0 Å². The van der Waals surface area contributed by atoms with E-state index in [4.69, 9.17) is 27.6 Å². The molecule has 7 heteroatoms. The van der Waals surface area contributed by atoms with Gasteiger partial charge in [0.15, 0.2) is 11.2 Å². The number of carbonyl (C=O) groups excluding carboxylic acids is 2.